The molecule has 6 heteroatoms. The molecule has 0 bridgehead atoms. The van der Waals surface area contributed by atoms with Crippen LogP contribution >= 0.6 is 0 Å². The molecule has 1 aliphatic heterocycles. The molecule has 130 valence electrons. The Morgan fingerprint density at radius 3 is 2.04 bits per heavy atom. The number of nitrogens with two attached hydrogens (primary N) is 1. The monoisotopic (exact) mass is 329 g/mol. The summed E-state index contributed by atoms with van der Waals surface area (Å²) in [6.45, 7) is 7.39. The third kappa shape index (κ3) is 4.58. The van der Waals surface area contributed by atoms with Gasteiger partial charge in [0, 0.05) is 68.8 Å². The molecule has 0 aliphatic carbocycles. The molecular weight excluding hydrogens is 302 g/mol. The Morgan fingerprint density at radius 2 is 1.33 bits per heavy atom. The highest BCUT2D eigenvalue weighted by Crippen LogP contribution is 2.29. The third-order valence-electron chi connectivity index (χ3n) is 4.18. The SMILES string of the molecule is Nc1cccc2c(ON3CCNCCNCCNCC3)cccc12. The Labute approximate surface area is 143 Å². The van der Waals surface area contributed by atoms with E-state index in [-0.39, 0.29) is 0 Å². The first-order valence-corrected chi connectivity index (χ1v) is 8.67. The van der Waals surface area contributed by atoms with Gasteiger partial charge in [0.25, 0.3) is 0 Å². The normalized spacial score (nSPS) is 18.7. The van der Waals surface area contributed by atoms with E-state index in [0.29, 0.717) is 0 Å². The van der Waals surface area contributed by atoms with Gasteiger partial charge in [0.15, 0.2) is 5.75 Å². The van der Waals surface area contributed by atoms with E-state index >= 15 is 0 Å². The lowest BCUT2D eigenvalue weighted by Crippen LogP contribution is -2.43. The van der Waals surface area contributed by atoms with Gasteiger partial charge in [-0.1, -0.05) is 24.3 Å². The molecule has 1 heterocycles. The summed E-state index contributed by atoms with van der Waals surface area (Å²) in [5.41, 5.74) is 6.86. The summed E-state index contributed by atoms with van der Waals surface area (Å²) in [4.78, 5) is 6.21. The van der Waals surface area contributed by atoms with Crippen molar-refractivity contribution in [1.82, 2.24) is 21.0 Å². The van der Waals surface area contributed by atoms with Crippen LogP contribution < -0.4 is 26.5 Å². The van der Waals surface area contributed by atoms with Crippen molar-refractivity contribution in [1.29, 1.82) is 0 Å². The van der Waals surface area contributed by atoms with Crippen LogP contribution in [0.15, 0.2) is 36.4 Å². The van der Waals surface area contributed by atoms with Gasteiger partial charge in [0.1, 0.15) is 0 Å². The molecule has 1 aliphatic rings. The highest BCUT2D eigenvalue weighted by atomic mass is 16.7. The van der Waals surface area contributed by atoms with E-state index in [0.717, 1.165) is 74.6 Å². The van der Waals surface area contributed by atoms with Crippen LogP contribution in [0, 0.1) is 0 Å². The van der Waals surface area contributed by atoms with Crippen molar-refractivity contribution in [2.75, 3.05) is 58.1 Å². The van der Waals surface area contributed by atoms with E-state index in [9.17, 15) is 0 Å². The maximum atomic E-state index is 6.21. The maximum absolute atomic E-state index is 6.21. The van der Waals surface area contributed by atoms with E-state index in [1.165, 1.54) is 0 Å². The third-order valence-corrected chi connectivity index (χ3v) is 4.18. The minimum atomic E-state index is 0.780. The highest BCUT2D eigenvalue weighted by Gasteiger charge is 2.11. The fraction of sp³-hybridized carbons (Fsp3) is 0.444. The molecule has 1 fully saturated rings. The van der Waals surface area contributed by atoms with Crippen LogP contribution in [0.2, 0.25) is 0 Å². The van der Waals surface area contributed by atoms with Gasteiger partial charge in [-0.3, -0.25) is 0 Å². The number of nitrogens with zero attached hydrogens (tertiary/aromatic N) is 1. The molecule has 0 spiro atoms. The summed E-state index contributed by atoms with van der Waals surface area (Å²) in [6, 6.07) is 12.0. The van der Waals surface area contributed by atoms with Gasteiger partial charge in [-0.2, -0.15) is 0 Å². The molecule has 5 N–H and O–H groups in total. The number of hydrogen-bond donors (Lipinski definition) is 4. The van der Waals surface area contributed by atoms with Crippen LogP contribution in [-0.2, 0) is 0 Å². The fourth-order valence-electron chi connectivity index (χ4n) is 2.86. The van der Waals surface area contributed by atoms with Crippen LogP contribution in [-0.4, -0.2) is 57.4 Å². The first kappa shape index (κ1) is 17.0. The molecule has 0 radical (unpaired) electrons. The van der Waals surface area contributed by atoms with E-state index in [1.54, 1.807) is 0 Å². The number of rotatable bonds is 2. The highest BCUT2D eigenvalue weighted by molar-refractivity contribution is 5.96. The first-order valence-electron chi connectivity index (χ1n) is 8.67. The standard InChI is InChI=1S/C18H27N5O/c19-17-5-1-4-16-15(17)3-2-6-18(16)24-23-13-11-21-9-7-20-8-10-22-12-14-23/h1-6,20-22H,7-14,19H2. The Bertz CT molecular complexity index is 636. The molecule has 0 amide bonds. The van der Waals surface area contributed by atoms with E-state index in [1.807, 2.05) is 35.4 Å². The van der Waals surface area contributed by atoms with Gasteiger partial charge in [-0.15, -0.1) is 5.06 Å². The number of hydroxylamine groups is 2. The fourth-order valence-corrected chi connectivity index (χ4v) is 2.86. The molecule has 0 unspecified atom stereocenters. The molecule has 2 aromatic rings. The second kappa shape index (κ2) is 8.84. The molecule has 1 saturated heterocycles. The lowest BCUT2D eigenvalue weighted by molar-refractivity contribution is -0.0543. The largest absolute Gasteiger partial charge is 0.405 e. The van der Waals surface area contributed by atoms with Crippen molar-refractivity contribution in [3.8, 4) is 5.75 Å². The molecule has 0 aromatic heterocycles. The van der Waals surface area contributed by atoms with Gasteiger partial charge in [-0.25, -0.2) is 0 Å². The summed E-state index contributed by atoms with van der Waals surface area (Å²) in [6.07, 6.45) is 0. The van der Waals surface area contributed by atoms with Crippen molar-refractivity contribution in [2.24, 2.45) is 0 Å². The van der Waals surface area contributed by atoms with Crippen molar-refractivity contribution < 1.29 is 4.84 Å². The molecule has 2 aromatic carbocycles. The smallest absolute Gasteiger partial charge is 0.155 e. The number of fused-ring (bicyclic) bond motifs is 1. The number of nitrogens with one attached hydrogen (secondary N) is 3. The van der Waals surface area contributed by atoms with Gasteiger partial charge < -0.3 is 26.5 Å². The average Bonchev–Trinajstić information content (AvgIpc) is 2.58. The predicted molar refractivity (Wildman–Crippen MR) is 99.2 cm³/mol. The summed E-state index contributed by atoms with van der Waals surface area (Å²) < 4.78 is 0. The van der Waals surface area contributed by atoms with Gasteiger partial charge in [-0.05, 0) is 12.1 Å². The molecule has 3 rings (SSSR count). The number of nitrogen functional groups attached to an aromatic ring is 1. The number of anilines is 1. The summed E-state index contributed by atoms with van der Waals surface area (Å²) >= 11 is 0. The van der Waals surface area contributed by atoms with Crippen molar-refractivity contribution in [3.05, 3.63) is 36.4 Å². The Balaban J connectivity index is 1.71. The molecule has 0 saturated carbocycles. The van der Waals surface area contributed by atoms with Crippen LogP contribution in [0.1, 0.15) is 0 Å². The van der Waals surface area contributed by atoms with Crippen LogP contribution in [0.4, 0.5) is 5.69 Å². The zero-order valence-corrected chi connectivity index (χ0v) is 14.1. The summed E-state index contributed by atoms with van der Waals surface area (Å²) in [5, 5.41) is 14.4. The van der Waals surface area contributed by atoms with Gasteiger partial charge in [0.2, 0.25) is 0 Å². The summed E-state index contributed by atoms with van der Waals surface area (Å²) in [5.74, 6) is 0.855. The topological polar surface area (TPSA) is 74.6 Å². The Kier molecular flexibility index (Phi) is 6.26. The lowest BCUT2D eigenvalue weighted by Gasteiger charge is -2.24. The quantitative estimate of drug-likeness (QED) is 0.611. The van der Waals surface area contributed by atoms with Gasteiger partial charge >= 0.3 is 0 Å². The molecule has 0 atom stereocenters. The van der Waals surface area contributed by atoms with E-state index < -0.39 is 0 Å². The zero-order valence-electron chi connectivity index (χ0n) is 14.1. The van der Waals surface area contributed by atoms with Crippen LogP contribution in [0.25, 0.3) is 10.8 Å². The first-order chi connectivity index (χ1) is 11.8. The van der Waals surface area contributed by atoms with E-state index in [2.05, 4.69) is 22.0 Å². The van der Waals surface area contributed by atoms with Crippen molar-refractivity contribution in [3.63, 3.8) is 0 Å². The van der Waals surface area contributed by atoms with E-state index in [4.69, 9.17) is 10.6 Å². The molecule has 24 heavy (non-hydrogen) atoms. The zero-order chi connectivity index (χ0) is 16.6. The maximum Gasteiger partial charge on any atom is 0.155 e. The van der Waals surface area contributed by atoms with Crippen LogP contribution in [0.3, 0.4) is 0 Å². The van der Waals surface area contributed by atoms with Crippen LogP contribution in [0.5, 0.6) is 5.75 Å². The second-order valence-corrected chi connectivity index (χ2v) is 5.97. The lowest BCUT2D eigenvalue weighted by atomic mass is 10.1. The predicted octanol–water partition coefficient (Wildman–Crippen LogP) is 0.800. The van der Waals surface area contributed by atoms with Crippen molar-refractivity contribution >= 4 is 16.5 Å². The minimum Gasteiger partial charge on any atom is -0.405 e. The number of hydrogen-bond acceptors (Lipinski definition) is 6. The molecular formula is C18H27N5O. The molecule has 6 nitrogen and oxygen atoms in total. The minimum absolute atomic E-state index is 0.780. The second-order valence-electron chi connectivity index (χ2n) is 5.97. The average molecular weight is 329 g/mol. The van der Waals surface area contributed by atoms with Crippen molar-refractivity contribution in [2.45, 2.75) is 0 Å². The Morgan fingerprint density at radius 1 is 0.750 bits per heavy atom. The van der Waals surface area contributed by atoms with Gasteiger partial charge in [0.05, 0.1) is 0 Å². The Hall–Kier alpha value is -1.86. The summed E-state index contributed by atoms with van der Waals surface area (Å²) in [7, 11) is 0. The number of benzene rings is 2.